The van der Waals surface area contributed by atoms with E-state index in [2.05, 4.69) is 5.10 Å². The lowest BCUT2D eigenvalue weighted by Gasteiger charge is -2.39. The van der Waals surface area contributed by atoms with Gasteiger partial charge in [0.05, 0.1) is 10.9 Å². The fourth-order valence-electron chi connectivity index (χ4n) is 5.19. The summed E-state index contributed by atoms with van der Waals surface area (Å²) < 4.78 is 29.0. The second kappa shape index (κ2) is 7.25. The number of aromatic nitrogens is 2. The van der Waals surface area contributed by atoms with Gasteiger partial charge < -0.3 is 4.90 Å². The summed E-state index contributed by atoms with van der Waals surface area (Å²) in [6.45, 7) is 1.16. The number of carbonyl (C=O) groups excluding carboxylic acids is 1. The number of benzene rings is 1. The van der Waals surface area contributed by atoms with Gasteiger partial charge in [-0.05, 0) is 68.9 Å². The summed E-state index contributed by atoms with van der Waals surface area (Å²) in [7, 11) is -3.45. The van der Waals surface area contributed by atoms with E-state index in [-0.39, 0.29) is 22.9 Å². The standard InChI is InChI=1S/C21H26N4O3S/c26-21(16-4-8-20(9-5-16)29(27,28)23-11-1-2-12-23)25-17-6-7-18(25)15-19(14-17)24-13-3-10-22-24/h3-5,8-10,13,17-19H,1-2,6-7,11-12,14-15H2. The maximum atomic E-state index is 13.2. The Balaban J connectivity index is 1.32. The lowest BCUT2D eigenvalue weighted by molar-refractivity contribution is 0.0524. The Labute approximate surface area is 171 Å². The van der Waals surface area contributed by atoms with E-state index in [0.717, 1.165) is 38.5 Å². The molecule has 3 aliphatic heterocycles. The summed E-state index contributed by atoms with van der Waals surface area (Å²) in [5.41, 5.74) is 0.569. The predicted molar refractivity (Wildman–Crippen MR) is 108 cm³/mol. The molecule has 2 aromatic rings. The third-order valence-electron chi connectivity index (χ3n) is 6.65. The fourth-order valence-corrected chi connectivity index (χ4v) is 6.71. The zero-order valence-electron chi connectivity index (χ0n) is 16.4. The van der Waals surface area contributed by atoms with Crippen LogP contribution in [-0.4, -0.2) is 58.5 Å². The number of rotatable bonds is 4. The van der Waals surface area contributed by atoms with E-state index in [4.69, 9.17) is 0 Å². The third-order valence-corrected chi connectivity index (χ3v) is 8.56. The topological polar surface area (TPSA) is 75.5 Å². The lowest BCUT2D eigenvalue weighted by atomic mass is 9.96. The first-order chi connectivity index (χ1) is 14.0. The van der Waals surface area contributed by atoms with Crippen molar-refractivity contribution >= 4 is 15.9 Å². The summed E-state index contributed by atoms with van der Waals surface area (Å²) >= 11 is 0. The Hall–Kier alpha value is -2.19. The van der Waals surface area contributed by atoms with Crippen LogP contribution in [0.1, 0.15) is 54.9 Å². The summed E-state index contributed by atoms with van der Waals surface area (Å²) in [4.78, 5) is 15.5. The van der Waals surface area contributed by atoms with Gasteiger partial charge in [-0.15, -0.1) is 0 Å². The van der Waals surface area contributed by atoms with E-state index < -0.39 is 10.0 Å². The minimum absolute atomic E-state index is 0.0153. The molecule has 0 radical (unpaired) electrons. The molecule has 0 saturated carbocycles. The Bertz CT molecular complexity index is 967. The monoisotopic (exact) mass is 414 g/mol. The molecular formula is C21H26N4O3S. The highest BCUT2D eigenvalue weighted by Gasteiger charge is 2.44. The van der Waals surface area contributed by atoms with E-state index in [1.165, 1.54) is 4.31 Å². The van der Waals surface area contributed by atoms with Gasteiger partial charge >= 0.3 is 0 Å². The molecule has 154 valence electrons. The van der Waals surface area contributed by atoms with Gasteiger partial charge in [0, 0.05) is 43.1 Å². The normalized spacial score (nSPS) is 27.4. The molecule has 0 spiro atoms. The van der Waals surface area contributed by atoms with Gasteiger partial charge in [0.15, 0.2) is 0 Å². The van der Waals surface area contributed by atoms with Crippen molar-refractivity contribution in [3.63, 3.8) is 0 Å². The number of amides is 1. The molecule has 2 atom stereocenters. The number of nitrogens with zero attached hydrogens (tertiary/aromatic N) is 4. The molecule has 2 unspecified atom stereocenters. The summed E-state index contributed by atoms with van der Waals surface area (Å²) in [6.07, 6.45) is 9.51. The van der Waals surface area contributed by atoms with Crippen molar-refractivity contribution in [2.45, 2.75) is 61.5 Å². The van der Waals surface area contributed by atoms with Crippen molar-refractivity contribution in [2.24, 2.45) is 0 Å². The first kappa shape index (κ1) is 18.8. The molecule has 0 aliphatic carbocycles. The van der Waals surface area contributed by atoms with Crippen molar-refractivity contribution in [1.82, 2.24) is 19.0 Å². The average Bonchev–Trinajstić information content (AvgIpc) is 3.49. The van der Waals surface area contributed by atoms with Gasteiger partial charge in [-0.2, -0.15) is 9.40 Å². The maximum absolute atomic E-state index is 13.2. The molecule has 1 aromatic carbocycles. The number of hydrogen-bond acceptors (Lipinski definition) is 4. The molecule has 3 aliphatic rings. The molecule has 29 heavy (non-hydrogen) atoms. The zero-order chi connectivity index (χ0) is 20.0. The minimum Gasteiger partial charge on any atom is -0.333 e. The van der Waals surface area contributed by atoms with Crippen molar-refractivity contribution in [2.75, 3.05) is 13.1 Å². The van der Waals surface area contributed by atoms with E-state index in [9.17, 15) is 13.2 Å². The smallest absolute Gasteiger partial charge is 0.254 e. The van der Waals surface area contributed by atoms with Crippen LogP contribution in [0.25, 0.3) is 0 Å². The van der Waals surface area contributed by atoms with Crippen LogP contribution in [0.5, 0.6) is 0 Å². The van der Waals surface area contributed by atoms with Crippen molar-refractivity contribution in [3.8, 4) is 0 Å². The van der Waals surface area contributed by atoms with Gasteiger partial charge in [0.1, 0.15) is 0 Å². The highest BCUT2D eigenvalue weighted by atomic mass is 32.2. The molecular weight excluding hydrogens is 388 g/mol. The average molecular weight is 415 g/mol. The van der Waals surface area contributed by atoms with Gasteiger partial charge in [-0.25, -0.2) is 8.42 Å². The molecule has 3 fully saturated rings. The Morgan fingerprint density at radius 2 is 1.62 bits per heavy atom. The molecule has 2 bridgehead atoms. The van der Waals surface area contributed by atoms with Crippen LogP contribution in [0.2, 0.25) is 0 Å². The van der Waals surface area contributed by atoms with Crippen molar-refractivity contribution in [1.29, 1.82) is 0 Å². The van der Waals surface area contributed by atoms with Crippen LogP contribution in [0.3, 0.4) is 0 Å². The number of piperidine rings is 1. The maximum Gasteiger partial charge on any atom is 0.254 e. The highest BCUT2D eigenvalue weighted by molar-refractivity contribution is 7.89. The van der Waals surface area contributed by atoms with E-state index in [1.54, 1.807) is 30.5 Å². The quantitative estimate of drug-likeness (QED) is 0.771. The van der Waals surface area contributed by atoms with E-state index >= 15 is 0 Å². The SMILES string of the molecule is O=C(c1ccc(S(=O)(=O)N2CCCC2)cc1)N1C2CCC1CC(n1cccn1)C2. The molecule has 8 heteroatoms. The van der Waals surface area contributed by atoms with Gasteiger partial charge in [-0.3, -0.25) is 9.48 Å². The minimum atomic E-state index is -3.45. The van der Waals surface area contributed by atoms with Crippen LogP contribution in [-0.2, 0) is 10.0 Å². The molecule has 0 N–H and O–H groups in total. The third kappa shape index (κ3) is 3.28. The molecule has 7 nitrogen and oxygen atoms in total. The second-order valence-corrected chi connectivity index (χ2v) is 10.3. The van der Waals surface area contributed by atoms with Crippen LogP contribution in [0, 0.1) is 0 Å². The van der Waals surface area contributed by atoms with Crippen molar-refractivity contribution in [3.05, 3.63) is 48.3 Å². The van der Waals surface area contributed by atoms with E-state index in [0.29, 0.717) is 24.7 Å². The predicted octanol–water partition coefficient (Wildman–Crippen LogP) is 2.68. The number of fused-ring (bicyclic) bond motifs is 2. The van der Waals surface area contributed by atoms with Gasteiger partial charge in [-0.1, -0.05) is 0 Å². The van der Waals surface area contributed by atoms with Crippen LogP contribution >= 0.6 is 0 Å². The number of sulfonamides is 1. The Morgan fingerprint density at radius 1 is 0.966 bits per heavy atom. The van der Waals surface area contributed by atoms with Crippen molar-refractivity contribution < 1.29 is 13.2 Å². The zero-order valence-corrected chi connectivity index (χ0v) is 17.2. The summed E-state index contributed by atoms with van der Waals surface area (Å²) in [5.74, 6) is 0.0153. The molecule has 3 saturated heterocycles. The lowest BCUT2D eigenvalue weighted by Crippen LogP contribution is -2.47. The first-order valence-electron chi connectivity index (χ1n) is 10.5. The highest BCUT2D eigenvalue weighted by Crippen LogP contribution is 2.41. The molecule has 1 amide bonds. The molecule has 5 rings (SSSR count). The summed E-state index contributed by atoms with van der Waals surface area (Å²) in [5, 5.41) is 4.38. The number of hydrogen-bond donors (Lipinski definition) is 0. The Morgan fingerprint density at radius 3 is 2.21 bits per heavy atom. The Kier molecular flexibility index (Phi) is 4.70. The van der Waals surface area contributed by atoms with Gasteiger partial charge in [0.25, 0.3) is 5.91 Å². The van der Waals surface area contributed by atoms with Gasteiger partial charge in [0.2, 0.25) is 10.0 Å². The molecule has 1 aromatic heterocycles. The van der Waals surface area contributed by atoms with Crippen LogP contribution in [0.15, 0.2) is 47.6 Å². The van der Waals surface area contributed by atoms with Crippen LogP contribution in [0.4, 0.5) is 0 Å². The molecule has 4 heterocycles. The second-order valence-electron chi connectivity index (χ2n) is 8.34. The number of carbonyl (C=O) groups is 1. The van der Waals surface area contributed by atoms with Crippen LogP contribution < -0.4 is 0 Å². The fraction of sp³-hybridized carbons (Fsp3) is 0.524. The van der Waals surface area contributed by atoms with E-state index in [1.807, 2.05) is 21.8 Å². The first-order valence-corrected chi connectivity index (χ1v) is 11.9. The summed E-state index contributed by atoms with van der Waals surface area (Å²) in [6, 6.07) is 9.25. The largest absolute Gasteiger partial charge is 0.333 e.